The van der Waals surface area contributed by atoms with Crippen LogP contribution in [0.25, 0.3) is 0 Å². The van der Waals surface area contributed by atoms with Gasteiger partial charge in [-0.1, -0.05) is 27.7 Å². The molecule has 6 heteroatoms. The molecule has 0 fully saturated rings. The van der Waals surface area contributed by atoms with E-state index in [1.807, 2.05) is 20.8 Å². The van der Waals surface area contributed by atoms with Crippen molar-refractivity contribution in [2.75, 3.05) is 18.4 Å². The van der Waals surface area contributed by atoms with E-state index in [0.29, 0.717) is 41.7 Å². The van der Waals surface area contributed by atoms with Crippen LogP contribution in [0.1, 0.15) is 69.2 Å². The summed E-state index contributed by atoms with van der Waals surface area (Å²) >= 11 is 0. The summed E-state index contributed by atoms with van der Waals surface area (Å²) in [7, 11) is 0. The van der Waals surface area contributed by atoms with Gasteiger partial charge >= 0.3 is 6.03 Å². The fraction of sp³-hybridized carbons (Fsp3) is 0.571. The van der Waals surface area contributed by atoms with Crippen LogP contribution in [0, 0.1) is 11.8 Å². The van der Waals surface area contributed by atoms with E-state index in [2.05, 4.69) is 33.0 Å². The van der Waals surface area contributed by atoms with Gasteiger partial charge in [0.1, 0.15) is 0 Å². The molecule has 1 aromatic carbocycles. The van der Waals surface area contributed by atoms with Gasteiger partial charge in [-0.2, -0.15) is 0 Å². The second-order valence-electron chi connectivity index (χ2n) is 9.00. The molecule has 0 aliphatic carbocycles. The van der Waals surface area contributed by atoms with E-state index in [1.54, 1.807) is 23.1 Å². The number of carbonyl (C=O) groups is 3. The first kappa shape index (κ1) is 20.9. The number of nitrogens with zero attached hydrogens (tertiary/aromatic N) is 2. The molecule has 1 heterocycles. The number of rotatable bonds is 5. The van der Waals surface area contributed by atoms with Crippen molar-refractivity contribution in [2.45, 2.75) is 54.0 Å². The first-order valence-corrected chi connectivity index (χ1v) is 9.50. The van der Waals surface area contributed by atoms with Gasteiger partial charge in [0.2, 0.25) is 0 Å². The number of fused-ring (bicyclic) bond motifs is 1. The van der Waals surface area contributed by atoms with Gasteiger partial charge in [0.05, 0.1) is 11.1 Å². The summed E-state index contributed by atoms with van der Waals surface area (Å²) in [6, 6.07) is 4.70. The smallest absolute Gasteiger partial charge is 0.321 e. The minimum atomic E-state index is -0.595. The molecule has 0 saturated carbocycles. The van der Waals surface area contributed by atoms with Gasteiger partial charge in [0.15, 0.2) is 0 Å². The van der Waals surface area contributed by atoms with Gasteiger partial charge in [-0.15, -0.1) is 0 Å². The fourth-order valence-electron chi connectivity index (χ4n) is 3.25. The molecule has 27 heavy (non-hydrogen) atoms. The molecule has 1 aliphatic heterocycles. The minimum Gasteiger partial charge on any atom is -0.324 e. The zero-order valence-corrected chi connectivity index (χ0v) is 17.4. The maximum atomic E-state index is 12.7. The van der Waals surface area contributed by atoms with E-state index in [4.69, 9.17) is 0 Å². The van der Waals surface area contributed by atoms with E-state index < -0.39 is 5.54 Å². The third-order valence-corrected chi connectivity index (χ3v) is 4.27. The Hall–Kier alpha value is -2.37. The summed E-state index contributed by atoms with van der Waals surface area (Å²) < 4.78 is 0. The molecule has 0 unspecified atom stereocenters. The van der Waals surface area contributed by atoms with E-state index in [9.17, 15) is 14.4 Å². The fourth-order valence-corrected chi connectivity index (χ4v) is 3.25. The number of nitrogens with one attached hydrogen (secondary N) is 1. The van der Waals surface area contributed by atoms with Crippen molar-refractivity contribution < 1.29 is 14.4 Å². The topological polar surface area (TPSA) is 69.7 Å². The third-order valence-electron chi connectivity index (χ3n) is 4.27. The third kappa shape index (κ3) is 4.67. The van der Waals surface area contributed by atoms with E-state index in [0.717, 1.165) is 0 Å². The maximum Gasteiger partial charge on any atom is 0.321 e. The van der Waals surface area contributed by atoms with Crippen molar-refractivity contribution in [3.63, 3.8) is 0 Å². The molecular formula is C21H31N3O3. The second kappa shape index (κ2) is 7.71. The van der Waals surface area contributed by atoms with Crippen LogP contribution in [-0.2, 0) is 0 Å². The molecule has 6 nitrogen and oxygen atoms in total. The number of benzene rings is 1. The van der Waals surface area contributed by atoms with Gasteiger partial charge in [0.25, 0.3) is 11.8 Å². The van der Waals surface area contributed by atoms with Crippen LogP contribution in [0.2, 0.25) is 0 Å². The molecule has 2 rings (SSSR count). The normalized spacial score (nSPS) is 14.2. The van der Waals surface area contributed by atoms with Crippen LogP contribution in [0.15, 0.2) is 18.2 Å². The number of imide groups is 1. The zero-order valence-electron chi connectivity index (χ0n) is 17.4. The molecular weight excluding hydrogens is 342 g/mol. The lowest BCUT2D eigenvalue weighted by Crippen LogP contribution is -2.45. The molecule has 148 valence electrons. The monoisotopic (exact) mass is 373 g/mol. The quantitative estimate of drug-likeness (QED) is 0.785. The Kier molecular flexibility index (Phi) is 5.97. The lowest BCUT2D eigenvalue weighted by molar-refractivity contribution is 0.0507. The van der Waals surface area contributed by atoms with Crippen LogP contribution in [0.4, 0.5) is 10.5 Å². The summed E-state index contributed by atoms with van der Waals surface area (Å²) in [6.45, 7) is 15.1. The number of hydrogen-bond donors (Lipinski definition) is 1. The molecule has 0 atom stereocenters. The highest BCUT2D eigenvalue weighted by Crippen LogP contribution is 2.31. The molecule has 1 aromatic rings. The summed E-state index contributed by atoms with van der Waals surface area (Å²) in [5, 5.41) is 2.88. The lowest BCUT2D eigenvalue weighted by Gasteiger charge is -2.29. The summed E-state index contributed by atoms with van der Waals surface area (Å²) in [5.41, 5.74) is 0.649. The zero-order chi connectivity index (χ0) is 20.5. The maximum absolute atomic E-state index is 12.7. The highest BCUT2D eigenvalue weighted by molar-refractivity contribution is 6.22. The largest absolute Gasteiger partial charge is 0.324 e. The van der Waals surface area contributed by atoms with Crippen LogP contribution in [0.5, 0.6) is 0 Å². The first-order valence-electron chi connectivity index (χ1n) is 9.50. The van der Waals surface area contributed by atoms with Crippen molar-refractivity contribution >= 4 is 23.5 Å². The van der Waals surface area contributed by atoms with Crippen LogP contribution in [0.3, 0.4) is 0 Å². The Labute approximate surface area is 161 Å². The van der Waals surface area contributed by atoms with Crippen LogP contribution >= 0.6 is 0 Å². The number of urea groups is 1. The van der Waals surface area contributed by atoms with Crippen molar-refractivity contribution in [2.24, 2.45) is 11.8 Å². The standard InChI is InChI=1S/C21H31N3O3/c1-13(2)11-23(12-14(3)4)20(27)22-15-8-9-16-17(10-15)19(26)24(18(16)25)21(5,6)7/h8-10,13-14H,11-12H2,1-7H3,(H,22,27). The van der Waals surface area contributed by atoms with Gasteiger partial charge in [0, 0.05) is 24.3 Å². The molecule has 4 amide bonds. The van der Waals surface area contributed by atoms with E-state index in [-0.39, 0.29) is 17.8 Å². The average Bonchev–Trinajstić information content (AvgIpc) is 2.76. The molecule has 0 spiro atoms. The molecule has 0 radical (unpaired) electrons. The Morgan fingerprint density at radius 3 is 2.00 bits per heavy atom. The van der Waals surface area contributed by atoms with E-state index >= 15 is 0 Å². The SMILES string of the molecule is CC(C)CN(CC(C)C)C(=O)Nc1ccc2c(c1)C(=O)N(C(C)(C)C)C2=O. The number of anilines is 1. The average molecular weight is 373 g/mol. The highest BCUT2D eigenvalue weighted by atomic mass is 16.2. The molecule has 1 aliphatic rings. The van der Waals surface area contributed by atoms with Crippen LogP contribution < -0.4 is 5.32 Å². The van der Waals surface area contributed by atoms with Crippen molar-refractivity contribution in [3.8, 4) is 0 Å². The number of amides is 4. The Morgan fingerprint density at radius 2 is 1.52 bits per heavy atom. The molecule has 0 bridgehead atoms. The summed E-state index contributed by atoms with van der Waals surface area (Å²) in [4.78, 5) is 41.0. The summed E-state index contributed by atoms with van der Waals surface area (Å²) in [6.07, 6.45) is 0. The van der Waals surface area contributed by atoms with E-state index in [1.165, 1.54) is 4.90 Å². The Bertz CT molecular complexity index is 738. The van der Waals surface area contributed by atoms with Crippen molar-refractivity contribution in [1.82, 2.24) is 9.80 Å². The van der Waals surface area contributed by atoms with Crippen LogP contribution in [-0.4, -0.2) is 46.3 Å². The summed E-state index contributed by atoms with van der Waals surface area (Å²) in [5.74, 6) is 0.101. The first-order chi connectivity index (χ1) is 12.4. The van der Waals surface area contributed by atoms with Gasteiger partial charge in [-0.3, -0.25) is 14.5 Å². The highest BCUT2D eigenvalue weighted by Gasteiger charge is 2.41. The Morgan fingerprint density at radius 1 is 1.00 bits per heavy atom. The molecule has 1 N–H and O–H groups in total. The molecule has 0 saturated heterocycles. The van der Waals surface area contributed by atoms with Gasteiger partial charge < -0.3 is 10.2 Å². The van der Waals surface area contributed by atoms with Gasteiger partial charge in [-0.05, 0) is 50.8 Å². The lowest BCUT2D eigenvalue weighted by atomic mass is 10.1. The number of hydrogen-bond acceptors (Lipinski definition) is 3. The van der Waals surface area contributed by atoms with Crippen molar-refractivity contribution in [1.29, 1.82) is 0 Å². The van der Waals surface area contributed by atoms with Gasteiger partial charge in [-0.25, -0.2) is 4.79 Å². The minimum absolute atomic E-state index is 0.193. The predicted molar refractivity (Wildman–Crippen MR) is 107 cm³/mol. The van der Waals surface area contributed by atoms with Crippen molar-refractivity contribution in [3.05, 3.63) is 29.3 Å². The predicted octanol–water partition coefficient (Wildman–Crippen LogP) is 4.23. The second-order valence-corrected chi connectivity index (χ2v) is 9.00. The number of carbonyl (C=O) groups excluding carboxylic acids is 3. The molecule has 0 aromatic heterocycles. The Balaban J connectivity index is 2.23.